The summed E-state index contributed by atoms with van der Waals surface area (Å²) in [6.07, 6.45) is 2.02. The van der Waals surface area contributed by atoms with E-state index in [9.17, 15) is 4.79 Å². The first-order valence-corrected chi connectivity index (χ1v) is 3.77. The molecular weight excluding hydrogens is 148 g/mol. The molecule has 0 spiro atoms. The fraction of sp³-hybridized carbons (Fsp3) is 0.0909. The highest BCUT2D eigenvalue weighted by atomic mass is 16.1. The molecule has 1 nitrogen and oxygen atoms in total. The number of allylic oxidation sites excluding steroid dienone is 1. The number of ketones is 1. The molecule has 0 atom stereocenters. The zero-order chi connectivity index (χ0) is 8.81. The zero-order valence-electron chi connectivity index (χ0n) is 6.79. The van der Waals surface area contributed by atoms with Gasteiger partial charge in [0.2, 0.25) is 0 Å². The average Bonchev–Trinajstić information content (AvgIpc) is 2.15. The molecule has 0 bridgehead atoms. The Bertz CT molecular complexity index is 305. The van der Waals surface area contributed by atoms with Gasteiger partial charge >= 0.3 is 0 Å². The number of carbonyl (C=O) groups excluding carboxylic acids is 1. The molecule has 0 unspecified atom stereocenters. The molecule has 0 aliphatic heterocycles. The Balaban J connectivity index is 2.72. The normalized spacial score (nSPS) is 8.67. The molecule has 12 heavy (non-hydrogen) atoms. The minimum atomic E-state index is 0.103. The predicted octanol–water partition coefficient (Wildman–Crippen LogP) is 2.60. The Morgan fingerprint density at radius 2 is 2.08 bits per heavy atom. The van der Waals surface area contributed by atoms with Crippen molar-refractivity contribution in [3.8, 4) is 0 Å². The van der Waals surface area contributed by atoms with Crippen LogP contribution in [0.4, 0.5) is 0 Å². The maximum Gasteiger partial charge on any atom is 0.167 e. The molecule has 60 valence electrons. The number of Topliss-reactive ketones (excluding diaryl/α,β-unsaturated/α-hetero) is 1. The van der Waals surface area contributed by atoms with Crippen molar-refractivity contribution < 1.29 is 4.79 Å². The molecular formula is C11H10O. The number of hydrogen-bond donors (Lipinski definition) is 0. The van der Waals surface area contributed by atoms with Crippen LogP contribution in [0.15, 0.2) is 48.7 Å². The average molecular weight is 158 g/mol. The molecule has 0 N–H and O–H groups in total. The lowest BCUT2D eigenvalue weighted by Gasteiger charge is -1.94. The first-order valence-electron chi connectivity index (χ1n) is 3.77. The van der Waals surface area contributed by atoms with Crippen molar-refractivity contribution in [1.82, 2.24) is 0 Å². The number of benzene rings is 1. The maximum absolute atomic E-state index is 11.3. The molecule has 0 aliphatic rings. The van der Waals surface area contributed by atoms with Crippen molar-refractivity contribution >= 4 is 5.78 Å². The third-order valence-electron chi connectivity index (χ3n) is 1.53. The number of rotatable bonds is 3. The van der Waals surface area contributed by atoms with Crippen LogP contribution >= 0.6 is 0 Å². The van der Waals surface area contributed by atoms with Gasteiger partial charge in [0.1, 0.15) is 0 Å². The topological polar surface area (TPSA) is 17.1 Å². The van der Waals surface area contributed by atoms with Crippen molar-refractivity contribution in [3.05, 3.63) is 54.3 Å². The second-order valence-electron chi connectivity index (χ2n) is 2.40. The van der Waals surface area contributed by atoms with E-state index in [0.717, 1.165) is 5.56 Å². The predicted molar refractivity (Wildman–Crippen MR) is 49.1 cm³/mol. The molecule has 0 saturated heterocycles. The molecule has 0 fully saturated rings. The summed E-state index contributed by atoms with van der Waals surface area (Å²) in [7, 11) is 0. The lowest BCUT2D eigenvalue weighted by molar-refractivity contribution is 0.0996. The van der Waals surface area contributed by atoms with Gasteiger partial charge in [-0.2, -0.15) is 0 Å². The van der Waals surface area contributed by atoms with Crippen molar-refractivity contribution in [2.45, 2.75) is 6.42 Å². The number of carbonyl (C=O) groups is 1. The molecule has 1 aromatic carbocycles. The smallest absolute Gasteiger partial charge is 0.167 e. The zero-order valence-corrected chi connectivity index (χ0v) is 6.79. The molecule has 0 amide bonds. The van der Waals surface area contributed by atoms with E-state index >= 15 is 0 Å². The molecule has 0 aromatic heterocycles. The van der Waals surface area contributed by atoms with Crippen molar-refractivity contribution in [1.29, 1.82) is 0 Å². The van der Waals surface area contributed by atoms with Gasteiger partial charge in [0.15, 0.2) is 5.78 Å². The molecule has 0 heterocycles. The van der Waals surface area contributed by atoms with E-state index < -0.39 is 0 Å². The van der Waals surface area contributed by atoms with Crippen LogP contribution in [0.25, 0.3) is 0 Å². The minimum Gasteiger partial charge on any atom is -0.294 e. The summed E-state index contributed by atoms with van der Waals surface area (Å²) >= 11 is 0. The van der Waals surface area contributed by atoms with Crippen LogP contribution in [0.2, 0.25) is 0 Å². The Morgan fingerprint density at radius 1 is 1.42 bits per heavy atom. The molecule has 0 saturated carbocycles. The summed E-state index contributed by atoms with van der Waals surface area (Å²) in [4.78, 5) is 11.3. The van der Waals surface area contributed by atoms with Crippen LogP contribution in [0.5, 0.6) is 0 Å². The highest BCUT2D eigenvalue weighted by molar-refractivity contribution is 5.96. The van der Waals surface area contributed by atoms with Gasteiger partial charge in [-0.25, -0.2) is 0 Å². The molecule has 0 radical (unpaired) electrons. The van der Waals surface area contributed by atoms with Crippen molar-refractivity contribution in [2.24, 2.45) is 0 Å². The van der Waals surface area contributed by atoms with Gasteiger partial charge < -0.3 is 0 Å². The Morgan fingerprint density at radius 3 is 2.67 bits per heavy atom. The maximum atomic E-state index is 11.3. The van der Waals surface area contributed by atoms with Crippen LogP contribution in [-0.2, 0) is 0 Å². The van der Waals surface area contributed by atoms with Gasteiger partial charge in [-0.3, -0.25) is 4.79 Å². The van der Waals surface area contributed by atoms with Gasteiger partial charge in [0.25, 0.3) is 0 Å². The first kappa shape index (κ1) is 8.51. The third kappa shape index (κ3) is 2.22. The summed E-state index contributed by atoms with van der Waals surface area (Å²) in [5, 5.41) is 0. The van der Waals surface area contributed by atoms with Crippen LogP contribution in [0.3, 0.4) is 0 Å². The van der Waals surface area contributed by atoms with E-state index in [0.29, 0.717) is 6.42 Å². The lowest BCUT2D eigenvalue weighted by Crippen LogP contribution is -1.95. The van der Waals surface area contributed by atoms with Crippen molar-refractivity contribution in [2.75, 3.05) is 0 Å². The second-order valence-corrected chi connectivity index (χ2v) is 2.40. The highest BCUT2D eigenvalue weighted by Crippen LogP contribution is 2.02. The summed E-state index contributed by atoms with van der Waals surface area (Å²) < 4.78 is 0. The van der Waals surface area contributed by atoms with Crippen molar-refractivity contribution in [3.63, 3.8) is 0 Å². The first-order chi connectivity index (χ1) is 5.84. The third-order valence-corrected chi connectivity index (χ3v) is 1.53. The standard InChI is InChI=1S/C11H10O/c1-2-3-9-11(12)10-7-5-4-6-8-10/h3-8H,1,9H2. The second kappa shape index (κ2) is 4.32. The fourth-order valence-electron chi connectivity index (χ4n) is 0.907. The van der Waals surface area contributed by atoms with Crippen LogP contribution in [-0.4, -0.2) is 5.78 Å². The van der Waals surface area contributed by atoms with Gasteiger partial charge in [-0.15, -0.1) is 5.73 Å². The Kier molecular flexibility index (Phi) is 3.06. The molecule has 1 rings (SSSR count). The summed E-state index contributed by atoms with van der Waals surface area (Å²) in [5.41, 5.74) is 3.31. The summed E-state index contributed by atoms with van der Waals surface area (Å²) in [6, 6.07) is 9.20. The van der Waals surface area contributed by atoms with E-state index in [1.807, 2.05) is 18.2 Å². The van der Waals surface area contributed by atoms with Crippen LogP contribution in [0.1, 0.15) is 16.8 Å². The molecule has 0 aliphatic carbocycles. The van der Waals surface area contributed by atoms with Gasteiger partial charge in [0.05, 0.1) is 0 Å². The number of hydrogen-bond acceptors (Lipinski definition) is 1. The van der Waals surface area contributed by atoms with E-state index in [-0.39, 0.29) is 5.78 Å². The summed E-state index contributed by atoms with van der Waals surface area (Å²) in [6.45, 7) is 3.39. The van der Waals surface area contributed by atoms with Gasteiger partial charge in [0, 0.05) is 12.0 Å². The minimum absolute atomic E-state index is 0.103. The van der Waals surface area contributed by atoms with E-state index in [2.05, 4.69) is 12.3 Å². The van der Waals surface area contributed by atoms with Crippen LogP contribution < -0.4 is 0 Å². The molecule has 1 aromatic rings. The lowest BCUT2D eigenvalue weighted by atomic mass is 10.1. The van der Waals surface area contributed by atoms with E-state index in [4.69, 9.17) is 0 Å². The Labute approximate surface area is 72.0 Å². The van der Waals surface area contributed by atoms with E-state index in [1.54, 1.807) is 18.2 Å². The van der Waals surface area contributed by atoms with Gasteiger partial charge in [-0.05, 0) is 6.08 Å². The van der Waals surface area contributed by atoms with Crippen LogP contribution in [0, 0.1) is 0 Å². The van der Waals surface area contributed by atoms with E-state index in [1.165, 1.54) is 0 Å². The largest absolute Gasteiger partial charge is 0.294 e. The quantitative estimate of drug-likeness (QED) is 0.488. The monoisotopic (exact) mass is 158 g/mol. The highest BCUT2D eigenvalue weighted by Gasteiger charge is 2.00. The van der Waals surface area contributed by atoms with Gasteiger partial charge in [-0.1, -0.05) is 36.9 Å². The summed E-state index contributed by atoms with van der Waals surface area (Å²) in [5.74, 6) is 0.103. The SMILES string of the molecule is C=C=CCC(=O)c1ccccc1. The Hall–Kier alpha value is -1.59. The molecule has 1 heteroatoms. The fourth-order valence-corrected chi connectivity index (χ4v) is 0.907.